The molecule has 0 saturated carbocycles. The highest BCUT2D eigenvalue weighted by atomic mass is 19.4. The van der Waals surface area contributed by atoms with E-state index in [1.807, 2.05) is 4.90 Å². The summed E-state index contributed by atoms with van der Waals surface area (Å²) in [4.78, 5) is 20.6. The highest BCUT2D eigenvalue weighted by Gasteiger charge is 2.41. The Hall–Kier alpha value is -2.82. The Morgan fingerprint density at radius 3 is 2.65 bits per heavy atom. The van der Waals surface area contributed by atoms with Gasteiger partial charge in [-0.25, -0.2) is 4.39 Å². The smallest absolute Gasteiger partial charge is 0.396 e. The van der Waals surface area contributed by atoms with Gasteiger partial charge in [0.05, 0.1) is 11.8 Å². The Balaban J connectivity index is 1.35. The van der Waals surface area contributed by atoms with Crippen molar-refractivity contribution in [3.63, 3.8) is 0 Å². The van der Waals surface area contributed by atoms with Gasteiger partial charge in [0.25, 0.3) is 11.9 Å². The molecule has 1 unspecified atom stereocenters. The first-order valence-corrected chi connectivity index (χ1v) is 11.6. The number of carbonyl (C=O) groups is 1. The fourth-order valence-corrected chi connectivity index (χ4v) is 4.95. The lowest BCUT2D eigenvalue weighted by Gasteiger charge is -2.29. The summed E-state index contributed by atoms with van der Waals surface area (Å²) in [5, 5.41) is 2.47. The van der Waals surface area contributed by atoms with Gasteiger partial charge in [-0.3, -0.25) is 4.79 Å². The molecule has 1 N–H and O–H groups in total. The number of amides is 1. The molecule has 4 heterocycles. The van der Waals surface area contributed by atoms with Crippen LogP contribution in [0, 0.1) is 11.7 Å². The van der Waals surface area contributed by atoms with Crippen LogP contribution in [0.3, 0.4) is 0 Å². The summed E-state index contributed by atoms with van der Waals surface area (Å²) in [6.45, 7) is 3.17. The van der Waals surface area contributed by atoms with Gasteiger partial charge in [0, 0.05) is 44.4 Å². The minimum Gasteiger partial charge on any atom is -0.427 e. The molecule has 7 nitrogen and oxygen atoms in total. The van der Waals surface area contributed by atoms with Gasteiger partial charge in [0.2, 0.25) is 0 Å². The largest absolute Gasteiger partial charge is 0.427 e. The van der Waals surface area contributed by atoms with E-state index in [2.05, 4.69) is 10.3 Å². The molecule has 11 heteroatoms. The average molecular weight is 482 g/mol. The third kappa shape index (κ3) is 4.84. The van der Waals surface area contributed by atoms with Gasteiger partial charge >= 0.3 is 6.18 Å². The summed E-state index contributed by atoms with van der Waals surface area (Å²) in [6.07, 6.45) is -2.09. The molecule has 1 aromatic carbocycles. The first-order chi connectivity index (χ1) is 16.3. The maximum atomic E-state index is 14.7. The number of anilines is 3. The standard InChI is InChI=1S/C23H26F4N4O3/c24-16-10-15(4-5-17(16)30-7-2-1-3-8-30)28-21(32)20-18(11-23(25,26)27)34-22(29-20)31-12-14-6-9-33-19(14)13-31/h4-5,10,14,19H,1-3,6-9,11-13H2,(H,28,32)/t14?,19-/m0/s1. The Kier molecular flexibility index (Phi) is 6.13. The summed E-state index contributed by atoms with van der Waals surface area (Å²) < 4.78 is 65.2. The van der Waals surface area contributed by atoms with Gasteiger partial charge in [0.1, 0.15) is 18.0 Å². The molecule has 1 aromatic heterocycles. The first kappa shape index (κ1) is 22.9. The van der Waals surface area contributed by atoms with E-state index in [1.54, 1.807) is 11.0 Å². The predicted molar refractivity (Wildman–Crippen MR) is 117 cm³/mol. The zero-order valence-electron chi connectivity index (χ0n) is 18.5. The number of piperidine rings is 1. The number of carbonyl (C=O) groups excluding carboxylic acids is 1. The molecule has 2 atom stereocenters. The number of benzene rings is 1. The molecule has 3 aliphatic heterocycles. The second kappa shape index (κ2) is 9.09. The molecular formula is C23H26F4N4O3. The summed E-state index contributed by atoms with van der Waals surface area (Å²) in [7, 11) is 0. The molecule has 1 amide bonds. The quantitative estimate of drug-likeness (QED) is 0.638. The Morgan fingerprint density at radius 2 is 1.94 bits per heavy atom. The summed E-state index contributed by atoms with van der Waals surface area (Å²) >= 11 is 0. The third-order valence-corrected chi connectivity index (χ3v) is 6.64. The lowest BCUT2D eigenvalue weighted by atomic mass is 10.1. The minimum absolute atomic E-state index is 0.0170. The number of hydrogen-bond acceptors (Lipinski definition) is 6. The molecular weight excluding hydrogens is 456 g/mol. The number of rotatable bonds is 5. The zero-order chi connectivity index (χ0) is 23.9. The topological polar surface area (TPSA) is 70.8 Å². The summed E-state index contributed by atoms with van der Waals surface area (Å²) in [5.74, 6) is -1.69. The SMILES string of the molecule is O=C(Nc1ccc(N2CCCCC2)c(F)c1)c1nc(N2CC3CCO[C@H]3C2)oc1CC(F)(F)F. The van der Waals surface area contributed by atoms with Gasteiger partial charge in [-0.1, -0.05) is 0 Å². The fraction of sp³-hybridized carbons (Fsp3) is 0.565. The van der Waals surface area contributed by atoms with Crippen LogP contribution in [0.15, 0.2) is 22.6 Å². The second-order valence-corrected chi connectivity index (χ2v) is 9.09. The lowest BCUT2D eigenvalue weighted by molar-refractivity contribution is -0.130. The minimum atomic E-state index is -4.58. The highest BCUT2D eigenvalue weighted by Crippen LogP contribution is 2.34. The molecule has 184 valence electrons. The number of oxazole rings is 1. The van der Waals surface area contributed by atoms with Gasteiger partial charge in [-0.05, 0) is 43.9 Å². The van der Waals surface area contributed by atoms with E-state index < -0.39 is 35.8 Å². The van der Waals surface area contributed by atoms with Crippen molar-refractivity contribution in [2.24, 2.45) is 5.92 Å². The molecule has 0 bridgehead atoms. The first-order valence-electron chi connectivity index (χ1n) is 11.6. The van der Waals surface area contributed by atoms with Crippen LogP contribution >= 0.6 is 0 Å². The van der Waals surface area contributed by atoms with E-state index in [1.165, 1.54) is 12.1 Å². The number of ether oxygens (including phenoxy) is 1. The lowest BCUT2D eigenvalue weighted by Crippen LogP contribution is -2.30. The molecule has 34 heavy (non-hydrogen) atoms. The molecule has 3 saturated heterocycles. The van der Waals surface area contributed by atoms with Gasteiger partial charge < -0.3 is 24.3 Å². The van der Waals surface area contributed by atoms with Crippen molar-refractivity contribution < 1.29 is 31.5 Å². The maximum Gasteiger partial charge on any atom is 0.396 e. The van der Waals surface area contributed by atoms with Crippen LogP contribution in [0.4, 0.5) is 35.0 Å². The van der Waals surface area contributed by atoms with Crippen LogP contribution in [0.25, 0.3) is 0 Å². The Bertz CT molecular complexity index is 1040. The fourth-order valence-electron chi connectivity index (χ4n) is 4.95. The third-order valence-electron chi connectivity index (χ3n) is 6.64. The Morgan fingerprint density at radius 1 is 1.15 bits per heavy atom. The van der Waals surface area contributed by atoms with Crippen molar-refractivity contribution in [1.29, 1.82) is 0 Å². The summed E-state index contributed by atoms with van der Waals surface area (Å²) in [6, 6.07) is 4.25. The Labute approximate surface area is 194 Å². The van der Waals surface area contributed by atoms with E-state index in [0.29, 0.717) is 25.4 Å². The van der Waals surface area contributed by atoms with E-state index in [-0.39, 0.29) is 23.7 Å². The maximum absolute atomic E-state index is 14.7. The van der Waals surface area contributed by atoms with E-state index in [0.717, 1.165) is 38.8 Å². The predicted octanol–water partition coefficient (Wildman–Crippen LogP) is 4.39. The summed E-state index contributed by atoms with van der Waals surface area (Å²) in [5.41, 5.74) is 0.127. The van der Waals surface area contributed by atoms with Gasteiger partial charge in [-0.15, -0.1) is 0 Å². The zero-order valence-corrected chi connectivity index (χ0v) is 18.5. The number of halogens is 4. The second-order valence-electron chi connectivity index (χ2n) is 9.09. The van der Waals surface area contributed by atoms with E-state index in [9.17, 15) is 22.4 Å². The molecule has 5 rings (SSSR count). The normalized spacial score (nSPS) is 22.8. The molecule has 3 fully saturated rings. The molecule has 2 aromatic rings. The number of nitrogens with zero attached hydrogens (tertiary/aromatic N) is 3. The van der Waals surface area contributed by atoms with Crippen molar-refractivity contribution in [2.45, 2.75) is 44.4 Å². The van der Waals surface area contributed by atoms with Crippen molar-refractivity contribution in [3.05, 3.63) is 35.5 Å². The molecule has 0 aliphatic carbocycles. The van der Waals surface area contributed by atoms with Crippen molar-refractivity contribution in [3.8, 4) is 0 Å². The van der Waals surface area contributed by atoms with E-state index >= 15 is 0 Å². The number of aromatic nitrogens is 1. The van der Waals surface area contributed by atoms with Crippen LogP contribution < -0.4 is 15.1 Å². The molecule has 0 spiro atoms. The van der Waals surface area contributed by atoms with Crippen LogP contribution in [0.5, 0.6) is 0 Å². The number of hydrogen-bond donors (Lipinski definition) is 1. The number of nitrogens with one attached hydrogen (secondary N) is 1. The highest BCUT2D eigenvalue weighted by molar-refractivity contribution is 6.03. The van der Waals surface area contributed by atoms with Crippen molar-refractivity contribution in [2.75, 3.05) is 47.9 Å². The van der Waals surface area contributed by atoms with Crippen LogP contribution in [0.1, 0.15) is 41.9 Å². The van der Waals surface area contributed by atoms with Gasteiger partial charge in [0.15, 0.2) is 5.69 Å². The molecule has 0 radical (unpaired) electrons. The van der Waals surface area contributed by atoms with Crippen LogP contribution in [0.2, 0.25) is 0 Å². The van der Waals surface area contributed by atoms with Crippen molar-refractivity contribution in [1.82, 2.24) is 4.98 Å². The van der Waals surface area contributed by atoms with E-state index in [4.69, 9.17) is 9.15 Å². The number of fused-ring (bicyclic) bond motifs is 1. The van der Waals surface area contributed by atoms with Crippen molar-refractivity contribution >= 4 is 23.3 Å². The van der Waals surface area contributed by atoms with Crippen LogP contribution in [-0.4, -0.2) is 56.0 Å². The van der Waals surface area contributed by atoms with Crippen LogP contribution in [-0.2, 0) is 11.2 Å². The number of alkyl halides is 3. The average Bonchev–Trinajstić information content (AvgIpc) is 3.48. The van der Waals surface area contributed by atoms with Gasteiger partial charge in [-0.2, -0.15) is 18.2 Å². The monoisotopic (exact) mass is 482 g/mol. The molecule has 3 aliphatic rings.